The van der Waals surface area contributed by atoms with E-state index in [0.29, 0.717) is 19.5 Å². The highest BCUT2D eigenvalue weighted by molar-refractivity contribution is 5.74. The first-order valence-electron chi connectivity index (χ1n) is 9.59. The molecule has 1 unspecified atom stereocenters. The molecule has 0 aromatic heterocycles. The normalized spacial score (nSPS) is 14.7. The van der Waals surface area contributed by atoms with E-state index in [-0.39, 0.29) is 6.10 Å². The van der Waals surface area contributed by atoms with Crippen LogP contribution < -0.4 is 9.47 Å². The molecule has 1 heterocycles. The summed E-state index contributed by atoms with van der Waals surface area (Å²) in [5.74, 6) is 1.62. The van der Waals surface area contributed by atoms with Crippen LogP contribution >= 0.6 is 0 Å². The number of ether oxygens (including phenoxy) is 2. The molecule has 1 amide bonds. The number of rotatable bonds is 6. The van der Waals surface area contributed by atoms with Crippen LogP contribution in [0.3, 0.4) is 0 Å². The highest BCUT2D eigenvalue weighted by Crippen LogP contribution is 2.39. The third-order valence-corrected chi connectivity index (χ3v) is 5.12. The number of carbonyl (C=O) groups is 1. The van der Waals surface area contributed by atoms with Gasteiger partial charge >= 0.3 is 6.09 Å². The first-order valence-corrected chi connectivity index (χ1v) is 9.59. The molecule has 3 aromatic carbocycles. The zero-order valence-electron chi connectivity index (χ0n) is 16.2. The number of carboxylic acid groups (broad SMARTS) is 1. The number of methoxy groups -OCH3 is 1. The molecule has 1 atom stereocenters. The molecular weight excluding hydrogens is 366 g/mol. The molecule has 1 aliphatic heterocycles. The number of nitrogens with zero attached hydrogens (tertiary/aromatic N) is 1. The Morgan fingerprint density at radius 3 is 2.66 bits per heavy atom. The largest absolute Gasteiger partial charge is 0.497 e. The second-order valence-corrected chi connectivity index (χ2v) is 7.12. The Kier molecular flexibility index (Phi) is 5.38. The maximum Gasteiger partial charge on any atom is 0.407 e. The Balaban J connectivity index is 1.53. The molecule has 0 spiro atoms. The van der Waals surface area contributed by atoms with Crippen molar-refractivity contribution in [2.45, 2.75) is 19.1 Å². The molecular formula is C24H23NO4. The molecule has 1 aliphatic rings. The lowest BCUT2D eigenvalue weighted by Crippen LogP contribution is -2.37. The Bertz CT molecular complexity index is 1000. The Morgan fingerprint density at radius 1 is 1.10 bits per heavy atom. The van der Waals surface area contributed by atoms with Crippen LogP contribution in [0.2, 0.25) is 0 Å². The van der Waals surface area contributed by atoms with Gasteiger partial charge in [-0.2, -0.15) is 0 Å². The highest BCUT2D eigenvalue weighted by atomic mass is 16.5. The molecule has 0 bridgehead atoms. The third kappa shape index (κ3) is 4.19. The smallest absolute Gasteiger partial charge is 0.407 e. The number of hydrogen-bond acceptors (Lipinski definition) is 3. The minimum atomic E-state index is -0.943. The zero-order valence-corrected chi connectivity index (χ0v) is 16.2. The van der Waals surface area contributed by atoms with Gasteiger partial charge in [0.25, 0.3) is 0 Å². The van der Waals surface area contributed by atoms with Gasteiger partial charge in [0.05, 0.1) is 13.7 Å². The first-order chi connectivity index (χ1) is 14.1. The van der Waals surface area contributed by atoms with E-state index in [2.05, 4.69) is 0 Å². The van der Waals surface area contributed by atoms with Gasteiger partial charge in [0.2, 0.25) is 0 Å². The van der Waals surface area contributed by atoms with Crippen molar-refractivity contribution >= 4 is 6.09 Å². The molecule has 0 saturated carbocycles. The van der Waals surface area contributed by atoms with Gasteiger partial charge in [-0.1, -0.05) is 60.7 Å². The van der Waals surface area contributed by atoms with Crippen molar-refractivity contribution < 1.29 is 19.4 Å². The molecule has 4 rings (SSSR count). The monoisotopic (exact) mass is 389 g/mol. The summed E-state index contributed by atoms with van der Waals surface area (Å²) in [5.41, 5.74) is 4.07. The number of fused-ring (bicyclic) bond motifs is 1. The molecule has 0 radical (unpaired) electrons. The maximum atomic E-state index is 11.8. The van der Waals surface area contributed by atoms with Crippen molar-refractivity contribution in [3.8, 4) is 22.6 Å². The predicted octanol–water partition coefficient (Wildman–Crippen LogP) is 4.85. The lowest BCUT2D eigenvalue weighted by atomic mass is 10.0. The summed E-state index contributed by atoms with van der Waals surface area (Å²) in [6.45, 7) is 0.658. The van der Waals surface area contributed by atoms with Crippen molar-refractivity contribution in [3.05, 3.63) is 83.9 Å². The fourth-order valence-electron chi connectivity index (χ4n) is 3.72. The Labute approximate surface area is 170 Å². The van der Waals surface area contributed by atoms with Gasteiger partial charge in [0.1, 0.15) is 17.6 Å². The molecule has 5 nitrogen and oxygen atoms in total. The van der Waals surface area contributed by atoms with E-state index in [1.165, 1.54) is 4.90 Å². The van der Waals surface area contributed by atoms with Gasteiger partial charge < -0.3 is 19.5 Å². The minimum absolute atomic E-state index is 0.212. The lowest BCUT2D eigenvalue weighted by molar-refractivity contribution is 0.113. The number of hydrogen-bond donors (Lipinski definition) is 1. The van der Waals surface area contributed by atoms with Gasteiger partial charge in [0, 0.05) is 18.5 Å². The summed E-state index contributed by atoms with van der Waals surface area (Å²) < 4.78 is 11.6. The van der Waals surface area contributed by atoms with E-state index in [9.17, 15) is 9.90 Å². The summed E-state index contributed by atoms with van der Waals surface area (Å²) in [6, 6.07) is 23.5. The standard InChI is InChI=1S/C24H23NO4/c1-28-20-11-5-9-18(13-20)22-12-6-10-19-14-21(29-23(19)22)16-25(24(26)27)15-17-7-3-2-4-8-17/h2-13,21H,14-16H2,1H3,(H,26,27). The summed E-state index contributed by atoms with van der Waals surface area (Å²) >= 11 is 0. The van der Waals surface area contributed by atoms with Gasteiger partial charge in [-0.05, 0) is 28.8 Å². The van der Waals surface area contributed by atoms with Crippen LogP contribution in [0.4, 0.5) is 4.79 Å². The Morgan fingerprint density at radius 2 is 1.90 bits per heavy atom. The van der Waals surface area contributed by atoms with Crippen LogP contribution in [0.25, 0.3) is 11.1 Å². The predicted molar refractivity (Wildman–Crippen MR) is 111 cm³/mol. The molecule has 3 aromatic rings. The topological polar surface area (TPSA) is 59.0 Å². The second-order valence-electron chi connectivity index (χ2n) is 7.12. The summed E-state index contributed by atoms with van der Waals surface area (Å²) in [6.07, 6.45) is -0.468. The lowest BCUT2D eigenvalue weighted by Gasteiger charge is -2.23. The summed E-state index contributed by atoms with van der Waals surface area (Å²) in [5, 5.41) is 9.66. The minimum Gasteiger partial charge on any atom is -0.497 e. The van der Waals surface area contributed by atoms with E-state index >= 15 is 0 Å². The van der Waals surface area contributed by atoms with Crippen molar-refractivity contribution in [3.63, 3.8) is 0 Å². The van der Waals surface area contributed by atoms with E-state index in [4.69, 9.17) is 9.47 Å². The zero-order chi connectivity index (χ0) is 20.2. The van der Waals surface area contributed by atoms with E-state index < -0.39 is 6.09 Å². The van der Waals surface area contributed by atoms with Crippen LogP contribution in [0.1, 0.15) is 11.1 Å². The molecule has 1 N–H and O–H groups in total. The van der Waals surface area contributed by atoms with Crippen molar-refractivity contribution in [1.29, 1.82) is 0 Å². The third-order valence-electron chi connectivity index (χ3n) is 5.12. The second kappa shape index (κ2) is 8.27. The van der Waals surface area contributed by atoms with Crippen molar-refractivity contribution in [2.75, 3.05) is 13.7 Å². The molecule has 5 heteroatoms. The van der Waals surface area contributed by atoms with Gasteiger partial charge in [-0.3, -0.25) is 0 Å². The van der Waals surface area contributed by atoms with Gasteiger partial charge in [-0.15, -0.1) is 0 Å². The first kappa shape index (κ1) is 18.9. The molecule has 29 heavy (non-hydrogen) atoms. The molecule has 0 fully saturated rings. The Hall–Kier alpha value is -3.47. The number of amides is 1. The van der Waals surface area contributed by atoms with Gasteiger partial charge in [-0.25, -0.2) is 4.79 Å². The van der Waals surface area contributed by atoms with Crippen molar-refractivity contribution in [1.82, 2.24) is 4.90 Å². The van der Waals surface area contributed by atoms with Crippen LogP contribution in [0, 0.1) is 0 Å². The molecule has 0 aliphatic carbocycles. The van der Waals surface area contributed by atoms with Crippen LogP contribution in [-0.4, -0.2) is 35.9 Å². The SMILES string of the molecule is COc1cccc(-c2cccc3c2OC(CN(Cc2ccccc2)C(=O)O)C3)c1. The highest BCUT2D eigenvalue weighted by Gasteiger charge is 2.29. The number of benzene rings is 3. The van der Waals surface area contributed by atoms with E-state index in [1.54, 1.807) is 7.11 Å². The summed E-state index contributed by atoms with van der Waals surface area (Å²) in [4.78, 5) is 13.2. The molecule has 0 saturated heterocycles. The van der Waals surface area contributed by atoms with E-state index in [1.807, 2.05) is 72.8 Å². The average molecular weight is 389 g/mol. The number of para-hydroxylation sites is 1. The van der Waals surface area contributed by atoms with Gasteiger partial charge in [0.15, 0.2) is 0 Å². The van der Waals surface area contributed by atoms with Crippen molar-refractivity contribution in [2.24, 2.45) is 0 Å². The quantitative estimate of drug-likeness (QED) is 0.655. The van der Waals surface area contributed by atoms with Crippen LogP contribution in [-0.2, 0) is 13.0 Å². The fourth-order valence-corrected chi connectivity index (χ4v) is 3.72. The van der Waals surface area contributed by atoms with E-state index in [0.717, 1.165) is 33.8 Å². The maximum absolute atomic E-state index is 11.8. The van der Waals surface area contributed by atoms with Crippen LogP contribution in [0.5, 0.6) is 11.5 Å². The molecule has 148 valence electrons. The summed E-state index contributed by atoms with van der Waals surface area (Å²) in [7, 11) is 1.65. The fraction of sp³-hybridized carbons (Fsp3) is 0.208. The van der Waals surface area contributed by atoms with Crippen LogP contribution in [0.15, 0.2) is 72.8 Å². The average Bonchev–Trinajstić information content (AvgIpc) is 3.16.